The number of carbonyl (C=O) groups excluding carboxylic acids is 2. The summed E-state index contributed by atoms with van der Waals surface area (Å²) >= 11 is 1.60. The molecule has 0 bridgehead atoms. The van der Waals surface area contributed by atoms with Gasteiger partial charge in [-0.2, -0.15) is 0 Å². The fourth-order valence-corrected chi connectivity index (χ4v) is 3.99. The first kappa shape index (κ1) is 21.1. The van der Waals surface area contributed by atoms with E-state index in [0.717, 1.165) is 21.1 Å². The molecule has 0 atom stereocenters. The van der Waals surface area contributed by atoms with Crippen LogP contribution in [0.2, 0.25) is 0 Å². The molecular weight excluding hydrogens is 388 g/mol. The van der Waals surface area contributed by atoms with Crippen LogP contribution < -0.4 is 5.32 Å². The molecule has 29 heavy (non-hydrogen) atoms. The summed E-state index contributed by atoms with van der Waals surface area (Å²) in [7, 11) is 0. The van der Waals surface area contributed by atoms with Crippen molar-refractivity contribution < 1.29 is 14.3 Å². The summed E-state index contributed by atoms with van der Waals surface area (Å²) in [5.74, 6) is 0. The zero-order chi connectivity index (χ0) is 21.0. The highest BCUT2D eigenvalue weighted by molar-refractivity contribution is 7.15. The Bertz CT molecular complexity index is 853. The molecule has 1 aromatic carbocycles. The lowest BCUT2D eigenvalue weighted by molar-refractivity contribution is 0.0170. The zero-order valence-corrected chi connectivity index (χ0v) is 18.2. The van der Waals surface area contributed by atoms with E-state index in [-0.39, 0.29) is 12.1 Å². The SMILES string of the molecule is Cc1nc(-c2ccccc2)sc1CNC(=O)N1CCN(C(=O)OC(C)(C)C)CC1. The quantitative estimate of drug-likeness (QED) is 0.824. The van der Waals surface area contributed by atoms with Crippen molar-refractivity contribution in [3.63, 3.8) is 0 Å². The van der Waals surface area contributed by atoms with Crippen molar-refractivity contribution in [3.05, 3.63) is 40.9 Å². The highest BCUT2D eigenvalue weighted by atomic mass is 32.1. The van der Waals surface area contributed by atoms with E-state index < -0.39 is 5.60 Å². The summed E-state index contributed by atoms with van der Waals surface area (Å²) in [6.45, 7) is 9.87. The number of urea groups is 1. The van der Waals surface area contributed by atoms with Gasteiger partial charge in [-0.05, 0) is 27.7 Å². The van der Waals surface area contributed by atoms with Crippen LogP contribution in [-0.2, 0) is 11.3 Å². The number of nitrogens with one attached hydrogen (secondary N) is 1. The van der Waals surface area contributed by atoms with Crippen LogP contribution in [0.3, 0.4) is 0 Å². The molecule has 1 aliphatic rings. The molecule has 1 aliphatic heterocycles. The molecule has 1 fully saturated rings. The largest absolute Gasteiger partial charge is 0.444 e. The summed E-state index contributed by atoms with van der Waals surface area (Å²) in [6, 6.07) is 9.90. The minimum absolute atomic E-state index is 0.122. The van der Waals surface area contributed by atoms with E-state index in [0.29, 0.717) is 32.7 Å². The third kappa shape index (κ3) is 5.69. The number of aryl methyl sites for hydroxylation is 1. The minimum Gasteiger partial charge on any atom is -0.444 e. The Morgan fingerprint density at radius 1 is 1.10 bits per heavy atom. The molecule has 0 unspecified atom stereocenters. The van der Waals surface area contributed by atoms with Gasteiger partial charge in [-0.15, -0.1) is 11.3 Å². The molecule has 1 N–H and O–H groups in total. The smallest absolute Gasteiger partial charge is 0.410 e. The lowest BCUT2D eigenvalue weighted by atomic mass is 10.2. The van der Waals surface area contributed by atoms with Crippen LogP contribution >= 0.6 is 11.3 Å². The standard InChI is InChI=1S/C21H28N4O3S/c1-15-17(29-18(23-15)16-8-6-5-7-9-16)14-22-19(26)24-10-12-25(13-11-24)20(27)28-21(2,3)4/h5-9H,10-14H2,1-4H3,(H,22,26). The van der Waals surface area contributed by atoms with Crippen LogP contribution in [0.4, 0.5) is 9.59 Å². The number of piperazine rings is 1. The van der Waals surface area contributed by atoms with Gasteiger partial charge in [0.25, 0.3) is 0 Å². The van der Waals surface area contributed by atoms with E-state index in [1.807, 2.05) is 58.0 Å². The highest BCUT2D eigenvalue weighted by Crippen LogP contribution is 2.27. The Kier molecular flexibility index (Phi) is 6.42. The number of hydrogen-bond donors (Lipinski definition) is 1. The third-order valence-corrected chi connectivity index (χ3v) is 5.74. The minimum atomic E-state index is -0.517. The normalized spacial score (nSPS) is 14.6. The number of carbonyl (C=O) groups is 2. The molecule has 2 aromatic rings. The maximum absolute atomic E-state index is 12.5. The van der Waals surface area contributed by atoms with Gasteiger partial charge in [0.2, 0.25) is 0 Å². The van der Waals surface area contributed by atoms with Gasteiger partial charge >= 0.3 is 12.1 Å². The first-order valence-electron chi connectivity index (χ1n) is 9.75. The molecule has 0 spiro atoms. The average molecular weight is 417 g/mol. The second-order valence-electron chi connectivity index (χ2n) is 8.01. The Morgan fingerprint density at radius 2 is 1.72 bits per heavy atom. The number of thiazole rings is 1. The van der Waals surface area contributed by atoms with Gasteiger partial charge in [0.1, 0.15) is 10.6 Å². The van der Waals surface area contributed by atoms with Crippen molar-refractivity contribution in [3.8, 4) is 10.6 Å². The zero-order valence-electron chi connectivity index (χ0n) is 17.4. The summed E-state index contributed by atoms with van der Waals surface area (Å²) in [6.07, 6.45) is -0.328. The predicted molar refractivity (Wildman–Crippen MR) is 114 cm³/mol. The molecule has 3 rings (SSSR count). The topological polar surface area (TPSA) is 74.8 Å². The maximum atomic E-state index is 12.5. The molecule has 2 heterocycles. The Balaban J connectivity index is 1.50. The summed E-state index contributed by atoms with van der Waals surface area (Å²) < 4.78 is 5.39. The fourth-order valence-electron chi connectivity index (χ4n) is 2.98. The van der Waals surface area contributed by atoms with E-state index in [9.17, 15) is 9.59 Å². The van der Waals surface area contributed by atoms with Gasteiger partial charge in [0, 0.05) is 36.6 Å². The number of aromatic nitrogens is 1. The van der Waals surface area contributed by atoms with E-state index in [4.69, 9.17) is 4.74 Å². The molecule has 1 aromatic heterocycles. The van der Waals surface area contributed by atoms with Crippen molar-refractivity contribution in [1.82, 2.24) is 20.1 Å². The Labute approximate surface area is 175 Å². The number of nitrogens with zero attached hydrogens (tertiary/aromatic N) is 3. The second kappa shape index (κ2) is 8.82. The van der Waals surface area contributed by atoms with E-state index >= 15 is 0 Å². The van der Waals surface area contributed by atoms with Gasteiger partial charge in [-0.25, -0.2) is 14.6 Å². The third-order valence-electron chi connectivity index (χ3n) is 4.53. The van der Waals surface area contributed by atoms with Crippen LogP contribution in [0.15, 0.2) is 30.3 Å². The van der Waals surface area contributed by atoms with E-state index in [2.05, 4.69) is 10.3 Å². The van der Waals surface area contributed by atoms with Crippen LogP contribution in [-0.4, -0.2) is 58.7 Å². The van der Waals surface area contributed by atoms with Crippen LogP contribution in [0.5, 0.6) is 0 Å². The van der Waals surface area contributed by atoms with Crippen molar-refractivity contribution in [1.29, 1.82) is 0 Å². The van der Waals surface area contributed by atoms with Gasteiger partial charge in [0.15, 0.2) is 0 Å². The Morgan fingerprint density at radius 3 is 2.34 bits per heavy atom. The van der Waals surface area contributed by atoms with Crippen LogP contribution in [0.1, 0.15) is 31.3 Å². The van der Waals surface area contributed by atoms with Crippen LogP contribution in [0.25, 0.3) is 10.6 Å². The number of ether oxygens (including phenoxy) is 1. The predicted octanol–water partition coefficient (Wildman–Crippen LogP) is 3.88. The molecule has 0 saturated carbocycles. The number of hydrogen-bond acceptors (Lipinski definition) is 5. The Hall–Kier alpha value is -2.61. The molecule has 1 saturated heterocycles. The first-order chi connectivity index (χ1) is 13.7. The highest BCUT2D eigenvalue weighted by Gasteiger charge is 2.27. The lowest BCUT2D eigenvalue weighted by Gasteiger charge is -2.35. The van der Waals surface area contributed by atoms with Crippen molar-refractivity contribution in [2.45, 2.75) is 39.8 Å². The number of rotatable bonds is 3. The molecular formula is C21H28N4O3S. The first-order valence-corrected chi connectivity index (χ1v) is 10.6. The van der Waals surface area contributed by atoms with Gasteiger partial charge < -0.3 is 19.9 Å². The summed E-state index contributed by atoms with van der Waals surface area (Å²) in [5, 5.41) is 3.94. The van der Waals surface area contributed by atoms with E-state index in [1.54, 1.807) is 21.1 Å². The molecule has 8 heteroatoms. The van der Waals surface area contributed by atoms with Crippen LogP contribution in [0, 0.1) is 6.92 Å². The van der Waals surface area contributed by atoms with E-state index in [1.165, 1.54) is 0 Å². The molecule has 0 radical (unpaired) electrons. The van der Waals surface area contributed by atoms with Gasteiger partial charge in [0.05, 0.1) is 12.2 Å². The average Bonchev–Trinajstić information content (AvgIpc) is 3.06. The van der Waals surface area contributed by atoms with Gasteiger partial charge in [-0.1, -0.05) is 30.3 Å². The van der Waals surface area contributed by atoms with Crippen molar-refractivity contribution >= 4 is 23.5 Å². The lowest BCUT2D eigenvalue weighted by Crippen LogP contribution is -2.53. The van der Waals surface area contributed by atoms with Crippen molar-refractivity contribution in [2.24, 2.45) is 0 Å². The maximum Gasteiger partial charge on any atom is 0.410 e. The monoisotopic (exact) mass is 416 g/mol. The molecule has 156 valence electrons. The summed E-state index contributed by atoms with van der Waals surface area (Å²) in [4.78, 5) is 33.7. The van der Waals surface area contributed by atoms with Gasteiger partial charge in [-0.3, -0.25) is 0 Å². The number of amides is 3. The summed E-state index contributed by atoms with van der Waals surface area (Å²) in [5.41, 5.74) is 1.50. The molecule has 7 nitrogen and oxygen atoms in total. The molecule has 3 amide bonds. The molecule has 0 aliphatic carbocycles. The van der Waals surface area contributed by atoms with Crippen molar-refractivity contribution in [2.75, 3.05) is 26.2 Å². The fraction of sp³-hybridized carbons (Fsp3) is 0.476. The number of benzene rings is 1. The second-order valence-corrected chi connectivity index (χ2v) is 9.09.